The molecule has 0 aliphatic rings. The molecule has 0 radical (unpaired) electrons. The Bertz CT molecular complexity index is 1330. The third kappa shape index (κ3) is 4.67. The van der Waals surface area contributed by atoms with Gasteiger partial charge < -0.3 is 9.73 Å². The van der Waals surface area contributed by atoms with Crippen LogP contribution in [0.1, 0.15) is 16.1 Å². The van der Waals surface area contributed by atoms with E-state index < -0.39 is 15.9 Å². The van der Waals surface area contributed by atoms with Crippen molar-refractivity contribution in [3.05, 3.63) is 84.3 Å². The molecule has 2 aromatic heterocycles. The summed E-state index contributed by atoms with van der Waals surface area (Å²) in [5, 5.41) is 7.35. The van der Waals surface area contributed by atoms with Gasteiger partial charge in [-0.3, -0.25) is 9.52 Å². The molecule has 1 amide bonds. The number of anilines is 2. The average Bonchev–Trinajstić information content (AvgIpc) is 3.40. The van der Waals surface area contributed by atoms with Crippen LogP contribution in [-0.2, 0) is 10.0 Å². The Balaban J connectivity index is 1.69. The summed E-state index contributed by atoms with van der Waals surface area (Å²) in [6.45, 7) is 1.78. The molecule has 0 atom stereocenters. The monoisotopic (exact) mass is 436 g/mol. The van der Waals surface area contributed by atoms with E-state index in [1.54, 1.807) is 49.6 Å². The molecule has 2 N–H and O–H groups in total. The molecule has 0 spiro atoms. The van der Waals surface area contributed by atoms with E-state index in [0.29, 0.717) is 34.2 Å². The second kappa shape index (κ2) is 8.11. The molecule has 31 heavy (non-hydrogen) atoms. The maximum atomic E-state index is 13.1. The first-order valence-corrected chi connectivity index (χ1v) is 11.3. The highest BCUT2D eigenvalue weighted by Gasteiger charge is 2.19. The van der Waals surface area contributed by atoms with E-state index in [1.165, 1.54) is 4.68 Å². The van der Waals surface area contributed by atoms with Crippen molar-refractivity contribution in [3.8, 4) is 17.1 Å². The van der Waals surface area contributed by atoms with Crippen LogP contribution in [0.4, 0.5) is 11.4 Å². The summed E-state index contributed by atoms with van der Waals surface area (Å²) in [5.74, 6) is 0.141. The van der Waals surface area contributed by atoms with Crippen molar-refractivity contribution in [1.82, 2.24) is 9.78 Å². The van der Waals surface area contributed by atoms with Gasteiger partial charge in [0.05, 0.1) is 23.9 Å². The lowest BCUT2D eigenvalue weighted by molar-refractivity contribution is 0.101. The van der Waals surface area contributed by atoms with Gasteiger partial charge >= 0.3 is 0 Å². The minimum atomic E-state index is -3.45. The number of carbonyl (C=O) groups excluding carboxylic acids is 1. The molecule has 0 unspecified atom stereocenters. The molecule has 8 nitrogen and oxygen atoms in total. The van der Waals surface area contributed by atoms with Crippen LogP contribution in [-0.4, -0.2) is 30.4 Å². The second-order valence-corrected chi connectivity index (χ2v) is 8.75. The molecule has 0 saturated carbocycles. The van der Waals surface area contributed by atoms with Gasteiger partial charge in [-0.05, 0) is 48.9 Å². The van der Waals surface area contributed by atoms with E-state index in [1.807, 2.05) is 30.3 Å². The zero-order chi connectivity index (χ0) is 22.0. The SMILES string of the molecule is Cc1ccc(NC(=O)c2cc(-c3ccco3)nn2-c2ccccc2)cc1NS(C)(=O)=O. The van der Waals surface area contributed by atoms with Crippen LogP contribution in [0.3, 0.4) is 0 Å². The van der Waals surface area contributed by atoms with Crippen molar-refractivity contribution >= 4 is 27.3 Å². The van der Waals surface area contributed by atoms with Gasteiger partial charge in [0.2, 0.25) is 10.0 Å². The number of aryl methyl sites for hydroxylation is 1. The maximum absolute atomic E-state index is 13.1. The Kier molecular flexibility index (Phi) is 5.35. The fraction of sp³-hybridized carbons (Fsp3) is 0.0909. The summed E-state index contributed by atoms with van der Waals surface area (Å²) in [7, 11) is -3.45. The summed E-state index contributed by atoms with van der Waals surface area (Å²) in [5.41, 5.74) is 3.11. The van der Waals surface area contributed by atoms with Crippen molar-refractivity contribution in [2.45, 2.75) is 6.92 Å². The van der Waals surface area contributed by atoms with E-state index in [9.17, 15) is 13.2 Å². The number of para-hydroxylation sites is 1. The first-order valence-electron chi connectivity index (χ1n) is 9.39. The highest BCUT2D eigenvalue weighted by atomic mass is 32.2. The van der Waals surface area contributed by atoms with Gasteiger partial charge in [-0.1, -0.05) is 24.3 Å². The summed E-state index contributed by atoms with van der Waals surface area (Å²) in [6.07, 6.45) is 2.62. The standard InChI is InChI=1S/C22H20N4O4S/c1-15-10-11-16(13-18(15)25-31(2,28)29)23-22(27)20-14-19(21-9-6-12-30-21)24-26(20)17-7-4-3-5-8-17/h3-14,25H,1-2H3,(H,23,27). The smallest absolute Gasteiger partial charge is 0.274 e. The molecule has 2 heterocycles. The Morgan fingerprint density at radius 2 is 1.81 bits per heavy atom. The molecule has 158 valence electrons. The fourth-order valence-electron chi connectivity index (χ4n) is 3.06. The summed E-state index contributed by atoms with van der Waals surface area (Å²) >= 11 is 0. The second-order valence-electron chi connectivity index (χ2n) is 7.00. The number of amides is 1. The Morgan fingerprint density at radius 1 is 1.03 bits per heavy atom. The number of rotatable bonds is 6. The highest BCUT2D eigenvalue weighted by Crippen LogP contribution is 2.25. The number of hydrogen-bond acceptors (Lipinski definition) is 5. The molecule has 4 rings (SSSR count). The minimum Gasteiger partial charge on any atom is -0.463 e. The van der Waals surface area contributed by atoms with Gasteiger partial charge in [0.1, 0.15) is 11.4 Å². The Hall–Kier alpha value is -3.85. The molecule has 0 bridgehead atoms. The van der Waals surface area contributed by atoms with Gasteiger partial charge in [-0.25, -0.2) is 13.1 Å². The van der Waals surface area contributed by atoms with E-state index in [4.69, 9.17) is 4.42 Å². The number of sulfonamides is 1. The number of hydrogen-bond donors (Lipinski definition) is 2. The van der Waals surface area contributed by atoms with Crippen LogP contribution in [0.2, 0.25) is 0 Å². The Labute approximate surface area is 179 Å². The largest absolute Gasteiger partial charge is 0.463 e. The lowest BCUT2D eigenvalue weighted by atomic mass is 10.2. The van der Waals surface area contributed by atoms with Crippen molar-refractivity contribution in [1.29, 1.82) is 0 Å². The predicted molar refractivity (Wildman–Crippen MR) is 119 cm³/mol. The maximum Gasteiger partial charge on any atom is 0.274 e. The third-order valence-corrected chi connectivity index (χ3v) is 5.10. The molecular formula is C22H20N4O4S. The van der Waals surface area contributed by atoms with Crippen LogP contribution < -0.4 is 10.0 Å². The van der Waals surface area contributed by atoms with Crippen molar-refractivity contribution in [2.75, 3.05) is 16.3 Å². The third-order valence-electron chi connectivity index (χ3n) is 4.51. The van der Waals surface area contributed by atoms with Crippen LogP contribution >= 0.6 is 0 Å². The van der Waals surface area contributed by atoms with E-state index >= 15 is 0 Å². The normalized spacial score (nSPS) is 11.3. The number of nitrogens with one attached hydrogen (secondary N) is 2. The molecule has 0 fully saturated rings. The Morgan fingerprint density at radius 3 is 2.48 bits per heavy atom. The molecule has 0 saturated heterocycles. The van der Waals surface area contributed by atoms with Crippen LogP contribution in [0.15, 0.2) is 77.4 Å². The van der Waals surface area contributed by atoms with Gasteiger partial charge in [-0.15, -0.1) is 0 Å². The lowest BCUT2D eigenvalue weighted by Crippen LogP contribution is -2.17. The highest BCUT2D eigenvalue weighted by molar-refractivity contribution is 7.92. The van der Waals surface area contributed by atoms with Crippen LogP contribution in [0, 0.1) is 6.92 Å². The van der Waals surface area contributed by atoms with Crippen molar-refractivity contribution in [3.63, 3.8) is 0 Å². The van der Waals surface area contributed by atoms with Gasteiger partial charge in [0.15, 0.2) is 5.76 Å². The van der Waals surface area contributed by atoms with Gasteiger partial charge in [-0.2, -0.15) is 5.10 Å². The summed E-state index contributed by atoms with van der Waals surface area (Å²) in [6, 6.07) is 19.4. The predicted octanol–water partition coefficient (Wildman–Crippen LogP) is 4.06. The minimum absolute atomic E-state index is 0.302. The number of nitrogens with zero attached hydrogens (tertiary/aromatic N) is 2. The quantitative estimate of drug-likeness (QED) is 0.474. The summed E-state index contributed by atoms with van der Waals surface area (Å²) in [4.78, 5) is 13.1. The zero-order valence-corrected chi connectivity index (χ0v) is 17.7. The molecule has 0 aliphatic carbocycles. The molecule has 2 aromatic carbocycles. The zero-order valence-electron chi connectivity index (χ0n) is 16.9. The number of carbonyl (C=O) groups is 1. The van der Waals surface area contributed by atoms with Crippen LogP contribution in [0.25, 0.3) is 17.1 Å². The first kappa shape index (κ1) is 20.4. The summed E-state index contributed by atoms with van der Waals surface area (Å²) < 4.78 is 32.6. The van der Waals surface area contributed by atoms with E-state index in [-0.39, 0.29) is 0 Å². The molecular weight excluding hydrogens is 416 g/mol. The average molecular weight is 436 g/mol. The number of aromatic nitrogens is 2. The number of benzene rings is 2. The van der Waals surface area contributed by atoms with Crippen molar-refractivity contribution in [2.24, 2.45) is 0 Å². The molecule has 9 heteroatoms. The van der Waals surface area contributed by atoms with Gasteiger partial charge in [0, 0.05) is 11.8 Å². The first-order chi connectivity index (χ1) is 14.8. The van der Waals surface area contributed by atoms with E-state index in [0.717, 1.165) is 11.8 Å². The van der Waals surface area contributed by atoms with E-state index in [2.05, 4.69) is 15.1 Å². The van der Waals surface area contributed by atoms with Crippen molar-refractivity contribution < 1.29 is 17.6 Å². The topological polar surface area (TPSA) is 106 Å². The fourth-order valence-corrected chi connectivity index (χ4v) is 3.68. The van der Waals surface area contributed by atoms with Gasteiger partial charge in [0.25, 0.3) is 5.91 Å². The van der Waals surface area contributed by atoms with Crippen LogP contribution in [0.5, 0.6) is 0 Å². The molecule has 0 aliphatic heterocycles. The lowest BCUT2D eigenvalue weighted by Gasteiger charge is -2.12. The molecule has 4 aromatic rings. The number of furan rings is 1.